The van der Waals surface area contributed by atoms with Crippen LogP contribution in [0, 0.1) is 0 Å². The number of carboxylic acid groups (broad SMARTS) is 2. The van der Waals surface area contributed by atoms with Crippen LogP contribution in [0.2, 0.25) is 0 Å². The van der Waals surface area contributed by atoms with E-state index < -0.39 is 48.4 Å². The number of nitrogens with one attached hydrogen (secondary N) is 2. The van der Waals surface area contributed by atoms with Crippen LogP contribution in [-0.2, 0) is 33.4 Å². The normalized spacial score (nSPS) is 12.5. The van der Waals surface area contributed by atoms with Gasteiger partial charge in [0.15, 0.2) is 0 Å². The lowest BCUT2D eigenvalue weighted by molar-refractivity contribution is -0.157. The van der Waals surface area contributed by atoms with Crippen molar-refractivity contribution in [1.82, 2.24) is 5.32 Å². The number of anilines is 1. The molecule has 0 spiro atoms. The summed E-state index contributed by atoms with van der Waals surface area (Å²) in [4.78, 5) is 73.3. The summed E-state index contributed by atoms with van der Waals surface area (Å²) < 4.78 is 11.4. The molecule has 0 radical (unpaired) electrons. The zero-order valence-electron chi connectivity index (χ0n) is 39.5. The molecule has 0 fully saturated rings. The quantitative estimate of drug-likeness (QED) is 0.0306. The van der Waals surface area contributed by atoms with Crippen LogP contribution in [0.3, 0.4) is 0 Å². The molecular weight excluding hydrogens is 835 g/mol. The highest BCUT2D eigenvalue weighted by molar-refractivity contribution is 7.99. The minimum Gasteiger partial charge on any atom is -0.481 e. The third-order valence-corrected chi connectivity index (χ3v) is 12.5. The van der Waals surface area contributed by atoms with Crippen molar-refractivity contribution in [2.75, 3.05) is 23.4 Å². The number of rotatable bonds is 43. The standard InChI is InChI=1S/C50H85N3O10S/c1-3-5-7-9-11-13-15-17-19-21-23-25-27-29-46(56)62-37-42(63-47(57)30-28-26-24-22-20-18-16-14-12-10-8-6-4-2)38-64-39-43(51)49(59)52-41-33-31-40(32-34-41)48(58)53-44(50(60)61)35-36-45(54)55/h31-34,42-44H,3-30,35-39,51H2,1-2H3,(H,52,59)(H,53,58)(H,54,55)(H,60,61)/t42-,43+,44+/m1/s1. The maximum atomic E-state index is 12.9. The number of hydrogen-bond donors (Lipinski definition) is 5. The molecule has 2 amide bonds. The van der Waals surface area contributed by atoms with Crippen LogP contribution in [0.15, 0.2) is 24.3 Å². The van der Waals surface area contributed by atoms with Gasteiger partial charge >= 0.3 is 23.9 Å². The average Bonchev–Trinajstić information content (AvgIpc) is 3.27. The molecule has 64 heavy (non-hydrogen) atoms. The van der Waals surface area contributed by atoms with Gasteiger partial charge in [0, 0.05) is 42.0 Å². The number of aliphatic carboxylic acids is 2. The van der Waals surface area contributed by atoms with E-state index >= 15 is 0 Å². The van der Waals surface area contributed by atoms with Crippen molar-refractivity contribution in [3.05, 3.63) is 29.8 Å². The van der Waals surface area contributed by atoms with E-state index in [1.807, 2.05) is 0 Å². The van der Waals surface area contributed by atoms with Gasteiger partial charge < -0.3 is 36.1 Å². The number of nitrogens with two attached hydrogens (primary N) is 1. The summed E-state index contributed by atoms with van der Waals surface area (Å²) >= 11 is 1.32. The lowest BCUT2D eigenvalue weighted by Crippen LogP contribution is -2.41. The second-order valence-corrected chi connectivity index (χ2v) is 18.4. The largest absolute Gasteiger partial charge is 0.481 e. The maximum absolute atomic E-state index is 12.9. The van der Waals surface area contributed by atoms with Gasteiger partial charge in [0.1, 0.15) is 18.8 Å². The number of benzene rings is 1. The predicted octanol–water partition coefficient (Wildman–Crippen LogP) is 11.2. The number of ether oxygens (including phenoxy) is 2. The van der Waals surface area contributed by atoms with Gasteiger partial charge in [-0.1, -0.05) is 168 Å². The number of hydrogen-bond acceptors (Lipinski definition) is 10. The van der Waals surface area contributed by atoms with Crippen molar-refractivity contribution >= 4 is 53.1 Å². The van der Waals surface area contributed by atoms with Gasteiger partial charge in [-0.05, 0) is 43.5 Å². The van der Waals surface area contributed by atoms with Crippen molar-refractivity contribution < 1.29 is 48.5 Å². The second kappa shape index (κ2) is 39.7. The Morgan fingerprint density at radius 2 is 1.03 bits per heavy atom. The first-order valence-corrected chi connectivity index (χ1v) is 26.0. The first-order chi connectivity index (χ1) is 31.0. The Kier molecular flexibility index (Phi) is 36.2. The predicted molar refractivity (Wildman–Crippen MR) is 258 cm³/mol. The lowest BCUT2D eigenvalue weighted by atomic mass is 10.0. The monoisotopic (exact) mass is 920 g/mol. The van der Waals surface area contributed by atoms with Gasteiger partial charge in [-0.2, -0.15) is 11.8 Å². The Bertz CT molecular complexity index is 1410. The Labute approximate surface area is 389 Å². The van der Waals surface area contributed by atoms with E-state index in [1.54, 1.807) is 0 Å². The van der Waals surface area contributed by atoms with Crippen LogP contribution in [0.25, 0.3) is 0 Å². The number of esters is 2. The topological polar surface area (TPSA) is 211 Å². The molecule has 0 aromatic heterocycles. The van der Waals surface area contributed by atoms with E-state index in [9.17, 15) is 33.9 Å². The Balaban J connectivity index is 2.54. The fourth-order valence-corrected chi connectivity index (χ4v) is 8.27. The molecule has 14 heteroatoms. The molecule has 0 unspecified atom stereocenters. The molecular formula is C50H85N3O10S. The zero-order valence-corrected chi connectivity index (χ0v) is 40.3. The summed E-state index contributed by atoms with van der Waals surface area (Å²) in [7, 11) is 0. The van der Waals surface area contributed by atoms with Gasteiger partial charge in [-0.15, -0.1) is 0 Å². The van der Waals surface area contributed by atoms with E-state index in [2.05, 4.69) is 24.5 Å². The molecule has 1 rings (SSSR count). The number of unbranched alkanes of at least 4 members (excludes halogenated alkanes) is 24. The van der Waals surface area contributed by atoms with Crippen LogP contribution < -0.4 is 16.4 Å². The van der Waals surface area contributed by atoms with Gasteiger partial charge in [0.25, 0.3) is 5.91 Å². The van der Waals surface area contributed by atoms with E-state index in [1.165, 1.54) is 164 Å². The van der Waals surface area contributed by atoms with Gasteiger partial charge in [0.05, 0.1) is 6.04 Å². The number of carboxylic acids is 2. The first-order valence-electron chi connectivity index (χ1n) is 24.8. The number of carbonyl (C=O) groups excluding carboxylic acids is 4. The van der Waals surface area contributed by atoms with Crippen molar-refractivity contribution in [3.8, 4) is 0 Å². The van der Waals surface area contributed by atoms with Crippen molar-refractivity contribution in [2.45, 2.75) is 225 Å². The number of thioether (sulfide) groups is 1. The van der Waals surface area contributed by atoms with Gasteiger partial charge in [0.2, 0.25) is 5.91 Å². The third-order valence-electron chi connectivity index (χ3n) is 11.3. The van der Waals surface area contributed by atoms with Crippen LogP contribution in [0.5, 0.6) is 0 Å². The highest BCUT2D eigenvalue weighted by Gasteiger charge is 2.23. The van der Waals surface area contributed by atoms with E-state index in [0.29, 0.717) is 18.5 Å². The minimum absolute atomic E-state index is 0.0667. The smallest absolute Gasteiger partial charge is 0.326 e. The van der Waals surface area contributed by atoms with Crippen molar-refractivity contribution in [3.63, 3.8) is 0 Å². The van der Waals surface area contributed by atoms with E-state index in [4.69, 9.17) is 20.3 Å². The molecule has 1 aromatic carbocycles. The van der Waals surface area contributed by atoms with Crippen molar-refractivity contribution in [2.24, 2.45) is 5.73 Å². The van der Waals surface area contributed by atoms with E-state index in [-0.39, 0.29) is 42.0 Å². The first kappa shape index (κ1) is 58.4. The van der Waals surface area contributed by atoms with Crippen LogP contribution in [-0.4, -0.2) is 82.2 Å². The van der Waals surface area contributed by atoms with Crippen LogP contribution in [0.1, 0.15) is 217 Å². The molecule has 0 heterocycles. The number of amides is 2. The summed E-state index contributed by atoms with van der Waals surface area (Å²) in [6, 6.07) is 3.44. The van der Waals surface area contributed by atoms with Crippen molar-refractivity contribution in [1.29, 1.82) is 0 Å². The summed E-state index contributed by atoms with van der Waals surface area (Å²) in [5.74, 6) is -3.88. The molecule has 1 aromatic rings. The third kappa shape index (κ3) is 32.9. The lowest BCUT2D eigenvalue weighted by Gasteiger charge is -2.19. The Hall–Kier alpha value is -3.65. The SMILES string of the molecule is CCCCCCCCCCCCCCCC(=O)OC[C@H](CSC[C@H](N)C(=O)Nc1ccc(C(=O)N[C@@H](CCC(=O)O)C(=O)O)cc1)OC(=O)CCCCCCCCCCCCCCC. The summed E-state index contributed by atoms with van der Waals surface area (Å²) in [5, 5.41) is 23.2. The molecule has 0 bridgehead atoms. The second-order valence-electron chi connectivity index (χ2n) is 17.3. The molecule has 0 saturated carbocycles. The Morgan fingerprint density at radius 3 is 1.47 bits per heavy atom. The van der Waals surface area contributed by atoms with Gasteiger partial charge in [-0.3, -0.25) is 24.0 Å². The fraction of sp³-hybridized carbons (Fsp3) is 0.760. The van der Waals surface area contributed by atoms with Crippen LogP contribution >= 0.6 is 11.8 Å². The minimum atomic E-state index is -1.37. The molecule has 13 nitrogen and oxygen atoms in total. The summed E-state index contributed by atoms with van der Waals surface area (Å²) in [6.07, 6.45) is 30.8. The molecule has 0 saturated heterocycles. The van der Waals surface area contributed by atoms with Crippen LogP contribution in [0.4, 0.5) is 5.69 Å². The Morgan fingerprint density at radius 1 is 0.594 bits per heavy atom. The summed E-state index contributed by atoms with van der Waals surface area (Å²) in [6.45, 7) is 4.42. The van der Waals surface area contributed by atoms with Gasteiger partial charge in [-0.25, -0.2) is 4.79 Å². The zero-order chi connectivity index (χ0) is 47.0. The fourth-order valence-electron chi connectivity index (χ4n) is 7.30. The highest BCUT2D eigenvalue weighted by Crippen LogP contribution is 2.17. The molecule has 0 aliphatic heterocycles. The maximum Gasteiger partial charge on any atom is 0.326 e. The molecule has 0 aliphatic rings. The summed E-state index contributed by atoms with van der Waals surface area (Å²) in [5.41, 5.74) is 6.68. The highest BCUT2D eigenvalue weighted by atomic mass is 32.2. The molecule has 0 aliphatic carbocycles. The molecule has 6 N–H and O–H groups in total. The van der Waals surface area contributed by atoms with E-state index in [0.717, 1.165) is 38.5 Å². The molecule has 366 valence electrons. The number of carbonyl (C=O) groups is 6. The average molecular weight is 920 g/mol. The molecule has 3 atom stereocenters.